The highest BCUT2D eigenvalue weighted by molar-refractivity contribution is 7.19. The minimum Gasteiger partial charge on any atom is -0.302 e. The number of benzene rings is 2. The molecule has 1 unspecified atom stereocenters. The van der Waals surface area contributed by atoms with Crippen LogP contribution in [0, 0.1) is 5.82 Å². The Hall–Kier alpha value is -2.63. The Bertz CT molecular complexity index is 1110. The molecular formula is C23H20FN3S. The molecule has 2 aromatic carbocycles. The first-order valence-corrected chi connectivity index (χ1v) is 10.3. The van der Waals surface area contributed by atoms with Gasteiger partial charge < -0.3 is 4.90 Å². The van der Waals surface area contributed by atoms with Crippen molar-refractivity contribution >= 4 is 21.4 Å². The van der Waals surface area contributed by atoms with E-state index in [1.165, 1.54) is 15.0 Å². The number of thiophene rings is 1. The van der Waals surface area contributed by atoms with Gasteiger partial charge in [-0.3, -0.25) is 0 Å². The predicted octanol–water partition coefficient (Wildman–Crippen LogP) is 5.46. The van der Waals surface area contributed by atoms with E-state index in [4.69, 9.17) is 0 Å². The molecular weight excluding hydrogens is 369 g/mol. The van der Waals surface area contributed by atoms with Gasteiger partial charge >= 0.3 is 0 Å². The summed E-state index contributed by atoms with van der Waals surface area (Å²) < 4.78 is 16.9. The van der Waals surface area contributed by atoms with Crippen molar-refractivity contribution in [2.45, 2.75) is 18.9 Å². The molecule has 3 heterocycles. The standard InChI is InChI=1S/C23H20FN3S/c1-27-12-10-17(22-13-15-5-2-3-7-21(15)28-22)16-8-9-18(23(24)19(16)14-27)20-6-4-11-25-26-20/h2-9,11,13,17H,10,12,14H2,1H3. The smallest absolute Gasteiger partial charge is 0.137 e. The van der Waals surface area contributed by atoms with Crippen LogP contribution in [-0.2, 0) is 6.54 Å². The second-order valence-electron chi connectivity index (χ2n) is 7.37. The maximum Gasteiger partial charge on any atom is 0.137 e. The van der Waals surface area contributed by atoms with E-state index >= 15 is 4.39 Å². The highest BCUT2D eigenvalue weighted by Gasteiger charge is 2.27. The van der Waals surface area contributed by atoms with Crippen LogP contribution in [0.25, 0.3) is 21.3 Å². The molecule has 4 aromatic rings. The Balaban J connectivity index is 1.65. The summed E-state index contributed by atoms with van der Waals surface area (Å²) in [7, 11) is 2.06. The van der Waals surface area contributed by atoms with Gasteiger partial charge in [0.05, 0.1) is 5.69 Å². The van der Waals surface area contributed by atoms with E-state index in [0.29, 0.717) is 17.8 Å². The number of nitrogens with zero attached hydrogens (tertiary/aromatic N) is 3. The number of aromatic nitrogens is 2. The van der Waals surface area contributed by atoms with Crippen LogP contribution in [0.4, 0.5) is 4.39 Å². The lowest BCUT2D eigenvalue weighted by Gasteiger charge is -2.18. The zero-order valence-corrected chi connectivity index (χ0v) is 16.4. The first kappa shape index (κ1) is 17.5. The lowest BCUT2D eigenvalue weighted by Crippen LogP contribution is -2.18. The van der Waals surface area contributed by atoms with Crippen molar-refractivity contribution in [3.63, 3.8) is 0 Å². The number of halogens is 1. The molecule has 1 aliphatic rings. The summed E-state index contributed by atoms with van der Waals surface area (Å²) >= 11 is 1.82. The molecule has 0 aliphatic carbocycles. The monoisotopic (exact) mass is 389 g/mol. The Morgan fingerprint density at radius 2 is 2.00 bits per heavy atom. The summed E-state index contributed by atoms with van der Waals surface area (Å²) in [6.07, 6.45) is 2.59. The van der Waals surface area contributed by atoms with Crippen molar-refractivity contribution in [2.75, 3.05) is 13.6 Å². The van der Waals surface area contributed by atoms with Crippen molar-refractivity contribution in [3.8, 4) is 11.3 Å². The minimum atomic E-state index is -0.169. The highest BCUT2D eigenvalue weighted by atomic mass is 32.1. The van der Waals surface area contributed by atoms with E-state index in [2.05, 4.69) is 58.5 Å². The van der Waals surface area contributed by atoms with Crippen LogP contribution < -0.4 is 0 Å². The molecule has 2 aromatic heterocycles. The average molecular weight is 389 g/mol. The number of hydrogen-bond acceptors (Lipinski definition) is 4. The fourth-order valence-corrected chi connectivity index (χ4v) is 5.31. The summed E-state index contributed by atoms with van der Waals surface area (Å²) in [6.45, 7) is 1.55. The highest BCUT2D eigenvalue weighted by Crippen LogP contribution is 2.41. The van der Waals surface area contributed by atoms with Crippen molar-refractivity contribution < 1.29 is 4.39 Å². The van der Waals surface area contributed by atoms with Gasteiger partial charge in [-0.15, -0.1) is 11.3 Å². The SMILES string of the molecule is CN1CCC(c2cc3ccccc3s2)c2ccc(-c3cccnn3)c(F)c2C1. The molecule has 1 aliphatic heterocycles. The average Bonchev–Trinajstić information content (AvgIpc) is 3.07. The van der Waals surface area contributed by atoms with Gasteiger partial charge in [-0.1, -0.05) is 24.3 Å². The second kappa shape index (κ2) is 7.08. The third-order valence-electron chi connectivity index (χ3n) is 5.52. The number of fused-ring (bicyclic) bond motifs is 2. The Labute approximate surface area is 167 Å². The third kappa shape index (κ3) is 3.01. The van der Waals surface area contributed by atoms with E-state index in [-0.39, 0.29) is 11.7 Å². The van der Waals surface area contributed by atoms with Crippen molar-refractivity contribution in [3.05, 3.63) is 82.6 Å². The molecule has 1 atom stereocenters. The number of rotatable bonds is 2. The van der Waals surface area contributed by atoms with Crippen LogP contribution in [0.5, 0.6) is 0 Å². The molecule has 0 bridgehead atoms. The molecule has 0 N–H and O–H groups in total. The molecule has 140 valence electrons. The summed E-state index contributed by atoms with van der Waals surface area (Å²) in [5, 5.41) is 9.28. The summed E-state index contributed by atoms with van der Waals surface area (Å²) in [5.74, 6) is 0.0422. The van der Waals surface area contributed by atoms with Crippen molar-refractivity contribution in [1.82, 2.24) is 15.1 Å². The van der Waals surface area contributed by atoms with Gasteiger partial charge in [0, 0.05) is 39.4 Å². The molecule has 28 heavy (non-hydrogen) atoms. The molecule has 5 heteroatoms. The maximum absolute atomic E-state index is 15.6. The van der Waals surface area contributed by atoms with Gasteiger partial charge in [-0.25, -0.2) is 4.39 Å². The molecule has 0 saturated heterocycles. The summed E-state index contributed by atoms with van der Waals surface area (Å²) in [6, 6.07) is 18.3. The molecule has 0 spiro atoms. The van der Waals surface area contributed by atoms with E-state index in [9.17, 15) is 0 Å². The first-order chi connectivity index (χ1) is 13.7. The number of hydrogen-bond donors (Lipinski definition) is 0. The molecule has 0 fully saturated rings. The summed E-state index contributed by atoms with van der Waals surface area (Å²) in [4.78, 5) is 3.51. The van der Waals surface area contributed by atoms with E-state index in [0.717, 1.165) is 24.1 Å². The minimum absolute atomic E-state index is 0.169. The van der Waals surface area contributed by atoms with Crippen LogP contribution in [-0.4, -0.2) is 28.7 Å². The normalized spacial score (nSPS) is 17.4. The van der Waals surface area contributed by atoms with Gasteiger partial charge in [-0.05, 0) is 61.3 Å². The van der Waals surface area contributed by atoms with Crippen LogP contribution >= 0.6 is 11.3 Å². The quantitative estimate of drug-likeness (QED) is 0.455. The van der Waals surface area contributed by atoms with Crippen LogP contribution in [0.3, 0.4) is 0 Å². The van der Waals surface area contributed by atoms with Crippen LogP contribution in [0.2, 0.25) is 0 Å². The van der Waals surface area contributed by atoms with Gasteiger partial charge in [-0.2, -0.15) is 10.2 Å². The zero-order chi connectivity index (χ0) is 19.1. The largest absolute Gasteiger partial charge is 0.302 e. The van der Waals surface area contributed by atoms with Gasteiger partial charge in [0.15, 0.2) is 0 Å². The fraction of sp³-hybridized carbons (Fsp3) is 0.217. The topological polar surface area (TPSA) is 29.0 Å². The lowest BCUT2D eigenvalue weighted by atomic mass is 9.89. The Kier molecular flexibility index (Phi) is 4.41. The van der Waals surface area contributed by atoms with Crippen molar-refractivity contribution in [2.24, 2.45) is 0 Å². The zero-order valence-electron chi connectivity index (χ0n) is 15.6. The van der Waals surface area contributed by atoms with Crippen LogP contribution in [0.1, 0.15) is 28.3 Å². The van der Waals surface area contributed by atoms with E-state index < -0.39 is 0 Å². The Morgan fingerprint density at radius 1 is 1.11 bits per heavy atom. The predicted molar refractivity (Wildman–Crippen MR) is 112 cm³/mol. The Morgan fingerprint density at radius 3 is 2.82 bits per heavy atom. The first-order valence-electron chi connectivity index (χ1n) is 9.47. The van der Waals surface area contributed by atoms with Gasteiger partial charge in [0.25, 0.3) is 0 Å². The molecule has 5 rings (SSSR count). The summed E-state index contributed by atoms with van der Waals surface area (Å²) in [5.41, 5.74) is 2.98. The van der Waals surface area contributed by atoms with Crippen LogP contribution in [0.15, 0.2) is 60.8 Å². The van der Waals surface area contributed by atoms with Gasteiger partial charge in [0.2, 0.25) is 0 Å². The molecule has 0 saturated carbocycles. The molecule has 3 nitrogen and oxygen atoms in total. The maximum atomic E-state index is 15.6. The van der Waals surface area contributed by atoms with E-state index in [1.54, 1.807) is 12.3 Å². The lowest BCUT2D eigenvalue weighted by molar-refractivity contribution is 0.324. The van der Waals surface area contributed by atoms with E-state index in [1.807, 2.05) is 23.5 Å². The molecule has 0 radical (unpaired) electrons. The van der Waals surface area contributed by atoms with Gasteiger partial charge in [0.1, 0.15) is 5.82 Å². The second-order valence-corrected chi connectivity index (χ2v) is 8.48. The molecule has 0 amide bonds. The van der Waals surface area contributed by atoms with Crippen molar-refractivity contribution in [1.29, 1.82) is 0 Å². The third-order valence-corrected chi connectivity index (χ3v) is 6.75. The fourth-order valence-electron chi connectivity index (χ4n) is 4.09.